The molecule has 1 N–H and O–H groups in total. The van der Waals surface area contributed by atoms with E-state index < -0.39 is 18.0 Å². The highest BCUT2D eigenvalue weighted by atomic mass is 35.5. The Kier molecular flexibility index (Phi) is 5.37. The van der Waals surface area contributed by atoms with Crippen LogP contribution in [-0.4, -0.2) is 24.7 Å². The quantitative estimate of drug-likeness (QED) is 0.686. The highest BCUT2D eigenvalue weighted by molar-refractivity contribution is 6.35. The van der Waals surface area contributed by atoms with Crippen LogP contribution in [0.4, 0.5) is 10.1 Å². The van der Waals surface area contributed by atoms with E-state index in [-0.39, 0.29) is 22.3 Å². The number of ether oxygens (including phenoxy) is 1. The highest BCUT2D eigenvalue weighted by Crippen LogP contribution is 2.22. The summed E-state index contributed by atoms with van der Waals surface area (Å²) in [6, 6.07) is 4.21. The molecule has 1 aromatic rings. The van der Waals surface area contributed by atoms with Crippen molar-refractivity contribution in [3.05, 3.63) is 28.2 Å². The number of amides is 1. The smallest absolute Gasteiger partial charge is 0.350 e. The topological polar surface area (TPSA) is 55.4 Å². The molecule has 0 spiro atoms. The van der Waals surface area contributed by atoms with Crippen LogP contribution in [-0.2, 0) is 14.3 Å². The molecular formula is C11H10Cl2FNO3. The second-order valence-corrected chi connectivity index (χ2v) is 4.13. The number of nitrogens with one attached hydrogen (secondary N) is 1. The van der Waals surface area contributed by atoms with Gasteiger partial charge in [0.1, 0.15) is 0 Å². The van der Waals surface area contributed by atoms with Crippen LogP contribution in [0.3, 0.4) is 0 Å². The van der Waals surface area contributed by atoms with Crippen molar-refractivity contribution in [2.45, 2.75) is 13.1 Å². The Morgan fingerprint density at radius 3 is 2.39 bits per heavy atom. The normalized spacial score (nSPS) is 11.8. The van der Waals surface area contributed by atoms with Gasteiger partial charge >= 0.3 is 5.97 Å². The van der Waals surface area contributed by atoms with E-state index in [9.17, 15) is 14.0 Å². The van der Waals surface area contributed by atoms with Crippen LogP contribution in [0.25, 0.3) is 0 Å². The molecule has 1 unspecified atom stereocenters. The summed E-state index contributed by atoms with van der Waals surface area (Å²) < 4.78 is 17.7. The van der Waals surface area contributed by atoms with Crippen molar-refractivity contribution in [1.82, 2.24) is 0 Å². The van der Waals surface area contributed by atoms with E-state index in [1.54, 1.807) is 0 Å². The van der Waals surface area contributed by atoms with Crippen molar-refractivity contribution < 1.29 is 18.7 Å². The highest BCUT2D eigenvalue weighted by Gasteiger charge is 2.27. The minimum Gasteiger partial charge on any atom is -0.463 e. The maximum atomic E-state index is 13.3. The molecule has 18 heavy (non-hydrogen) atoms. The van der Waals surface area contributed by atoms with Gasteiger partial charge in [-0.25, -0.2) is 9.18 Å². The van der Waals surface area contributed by atoms with Crippen LogP contribution in [0.1, 0.15) is 6.92 Å². The lowest BCUT2D eigenvalue weighted by Gasteiger charge is -2.09. The Labute approximate surface area is 113 Å². The number of hydrogen-bond donors (Lipinski definition) is 1. The van der Waals surface area contributed by atoms with Crippen molar-refractivity contribution in [2.24, 2.45) is 0 Å². The first-order chi connectivity index (χ1) is 8.43. The van der Waals surface area contributed by atoms with Crippen LogP contribution in [0.15, 0.2) is 18.2 Å². The average Bonchev–Trinajstić information content (AvgIpc) is 2.26. The first kappa shape index (κ1) is 14.7. The van der Waals surface area contributed by atoms with E-state index in [1.165, 1.54) is 25.1 Å². The van der Waals surface area contributed by atoms with Gasteiger partial charge in [-0.2, -0.15) is 0 Å². The molecule has 1 aromatic carbocycles. The lowest BCUT2D eigenvalue weighted by atomic mass is 10.3. The predicted molar refractivity (Wildman–Crippen MR) is 66.6 cm³/mol. The molecule has 0 saturated carbocycles. The minimum absolute atomic E-state index is 0.00444. The second kappa shape index (κ2) is 6.56. The van der Waals surface area contributed by atoms with Crippen LogP contribution in [0, 0.1) is 0 Å². The third kappa shape index (κ3) is 4.16. The lowest BCUT2D eigenvalue weighted by molar-refractivity contribution is -0.152. The molecule has 4 nitrogen and oxygen atoms in total. The average molecular weight is 294 g/mol. The molecule has 0 aliphatic rings. The van der Waals surface area contributed by atoms with Crippen LogP contribution < -0.4 is 5.32 Å². The van der Waals surface area contributed by atoms with Crippen LogP contribution in [0.2, 0.25) is 10.0 Å². The Balaban J connectivity index is 2.72. The zero-order valence-corrected chi connectivity index (χ0v) is 10.9. The fraction of sp³-hybridized carbons (Fsp3) is 0.273. The molecule has 0 saturated heterocycles. The van der Waals surface area contributed by atoms with Crippen molar-refractivity contribution in [2.75, 3.05) is 11.9 Å². The van der Waals surface area contributed by atoms with Gasteiger partial charge in [-0.15, -0.1) is 0 Å². The SMILES string of the molecule is CCOC(=O)C(F)C(=O)Nc1cc(Cl)cc(Cl)c1. The van der Waals surface area contributed by atoms with E-state index in [2.05, 4.69) is 10.1 Å². The third-order valence-corrected chi connectivity index (χ3v) is 2.29. The molecule has 7 heteroatoms. The molecule has 1 rings (SSSR count). The number of esters is 1. The van der Waals surface area contributed by atoms with Gasteiger partial charge in [-0.3, -0.25) is 4.79 Å². The fourth-order valence-electron chi connectivity index (χ4n) is 1.15. The first-order valence-electron chi connectivity index (χ1n) is 5.01. The Morgan fingerprint density at radius 1 is 1.33 bits per heavy atom. The van der Waals surface area contributed by atoms with Gasteiger partial charge in [-0.1, -0.05) is 23.2 Å². The molecule has 0 fully saturated rings. The standard InChI is InChI=1S/C11H10Cl2FNO3/c1-2-18-11(17)9(14)10(16)15-8-4-6(12)3-7(13)5-8/h3-5,9H,2H2,1H3,(H,15,16). The number of halogens is 3. The molecule has 98 valence electrons. The third-order valence-electron chi connectivity index (χ3n) is 1.85. The predicted octanol–water partition coefficient (Wildman–Crippen LogP) is 2.83. The van der Waals surface area contributed by atoms with E-state index in [1.807, 2.05) is 0 Å². The number of carbonyl (C=O) groups is 2. The lowest BCUT2D eigenvalue weighted by Crippen LogP contribution is -2.32. The van der Waals surface area contributed by atoms with E-state index >= 15 is 0 Å². The number of anilines is 1. The maximum Gasteiger partial charge on any atom is 0.350 e. The summed E-state index contributed by atoms with van der Waals surface area (Å²) in [7, 11) is 0. The molecule has 0 aliphatic carbocycles. The monoisotopic (exact) mass is 293 g/mol. The number of alkyl halides is 1. The van der Waals surface area contributed by atoms with Gasteiger partial charge in [0.25, 0.3) is 12.1 Å². The second-order valence-electron chi connectivity index (χ2n) is 3.26. The van der Waals surface area contributed by atoms with E-state index in [4.69, 9.17) is 23.2 Å². The minimum atomic E-state index is -2.39. The summed E-state index contributed by atoms with van der Waals surface area (Å²) in [6.45, 7) is 1.51. The summed E-state index contributed by atoms with van der Waals surface area (Å²) in [5.74, 6) is -2.37. The summed E-state index contributed by atoms with van der Waals surface area (Å²) in [6.07, 6.45) is -2.39. The van der Waals surface area contributed by atoms with Crippen LogP contribution in [0.5, 0.6) is 0 Å². The molecular weight excluding hydrogens is 284 g/mol. The number of rotatable bonds is 4. The number of benzene rings is 1. The Hall–Kier alpha value is -1.33. The van der Waals surface area contributed by atoms with Crippen molar-refractivity contribution >= 4 is 40.8 Å². The van der Waals surface area contributed by atoms with Gasteiger partial charge < -0.3 is 10.1 Å². The van der Waals surface area contributed by atoms with Gasteiger partial charge in [-0.05, 0) is 25.1 Å². The molecule has 1 atom stereocenters. The molecule has 0 bridgehead atoms. The molecule has 0 aliphatic heterocycles. The maximum absolute atomic E-state index is 13.3. The largest absolute Gasteiger partial charge is 0.463 e. The molecule has 0 aromatic heterocycles. The van der Waals surface area contributed by atoms with Crippen molar-refractivity contribution in [3.8, 4) is 0 Å². The van der Waals surface area contributed by atoms with Gasteiger partial charge in [0.05, 0.1) is 6.61 Å². The molecule has 1 amide bonds. The van der Waals surface area contributed by atoms with E-state index in [0.29, 0.717) is 0 Å². The van der Waals surface area contributed by atoms with E-state index in [0.717, 1.165) is 0 Å². The molecule has 0 radical (unpaired) electrons. The zero-order chi connectivity index (χ0) is 13.7. The summed E-state index contributed by atoms with van der Waals surface area (Å²) in [5, 5.41) is 2.74. The fourth-order valence-corrected chi connectivity index (χ4v) is 1.68. The Morgan fingerprint density at radius 2 is 1.89 bits per heavy atom. The van der Waals surface area contributed by atoms with Gasteiger partial charge in [0, 0.05) is 15.7 Å². The zero-order valence-electron chi connectivity index (χ0n) is 9.38. The van der Waals surface area contributed by atoms with Crippen LogP contribution >= 0.6 is 23.2 Å². The van der Waals surface area contributed by atoms with Crippen molar-refractivity contribution in [1.29, 1.82) is 0 Å². The molecule has 0 heterocycles. The number of carbonyl (C=O) groups excluding carboxylic acids is 2. The Bertz CT molecular complexity index is 447. The van der Waals surface area contributed by atoms with Crippen molar-refractivity contribution in [3.63, 3.8) is 0 Å². The van der Waals surface area contributed by atoms with Gasteiger partial charge in [0.15, 0.2) is 0 Å². The summed E-state index contributed by atoms with van der Waals surface area (Å²) in [5.41, 5.74) is 0.199. The van der Waals surface area contributed by atoms with Gasteiger partial charge in [0.2, 0.25) is 0 Å². The first-order valence-corrected chi connectivity index (χ1v) is 5.77. The number of hydrogen-bond acceptors (Lipinski definition) is 3. The summed E-state index contributed by atoms with van der Waals surface area (Å²) in [4.78, 5) is 22.4. The summed E-state index contributed by atoms with van der Waals surface area (Å²) >= 11 is 11.4.